The molecular weight excluding hydrogens is 216 g/mol. The van der Waals surface area contributed by atoms with Crippen LogP contribution >= 0.6 is 11.8 Å². The van der Waals surface area contributed by atoms with Crippen molar-refractivity contribution in [2.75, 3.05) is 5.75 Å². The van der Waals surface area contributed by atoms with Crippen molar-refractivity contribution in [1.29, 1.82) is 0 Å². The molecule has 0 atom stereocenters. The first-order chi connectivity index (χ1) is 7.83. The van der Waals surface area contributed by atoms with Crippen LogP contribution < -0.4 is 0 Å². The summed E-state index contributed by atoms with van der Waals surface area (Å²) in [5.74, 6) is 2.14. The summed E-state index contributed by atoms with van der Waals surface area (Å²) in [5, 5.41) is 12.1. The van der Waals surface area contributed by atoms with Gasteiger partial charge in [0.25, 0.3) is 0 Å². The third-order valence-electron chi connectivity index (χ3n) is 2.48. The smallest absolute Gasteiger partial charge is 0.127 e. The van der Waals surface area contributed by atoms with Crippen LogP contribution in [-0.2, 0) is 5.75 Å². The van der Waals surface area contributed by atoms with Crippen molar-refractivity contribution >= 4 is 22.5 Å². The highest BCUT2D eigenvalue weighted by Gasteiger charge is 2.05. The SMILES string of the molecule is C=CCSCc1ccc2ccccc2c1O. The summed E-state index contributed by atoms with van der Waals surface area (Å²) in [5.41, 5.74) is 0.991. The number of phenolic OH excluding ortho intramolecular Hbond substituents is 1. The molecule has 1 N–H and O–H groups in total. The fourth-order valence-electron chi connectivity index (χ4n) is 1.67. The number of benzene rings is 2. The lowest BCUT2D eigenvalue weighted by Gasteiger charge is -2.07. The van der Waals surface area contributed by atoms with Crippen LogP contribution in [0.25, 0.3) is 10.8 Å². The van der Waals surface area contributed by atoms with Gasteiger partial charge in [0, 0.05) is 22.5 Å². The van der Waals surface area contributed by atoms with Gasteiger partial charge in [0.1, 0.15) is 5.75 Å². The van der Waals surface area contributed by atoms with Gasteiger partial charge < -0.3 is 5.11 Å². The van der Waals surface area contributed by atoms with Crippen LogP contribution in [0.2, 0.25) is 0 Å². The molecule has 1 nitrogen and oxygen atoms in total. The maximum atomic E-state index is 10.1. The lowest BCUT2D eigenvalue weighted by Crippen LogP contribution is -1.84. The molecule has 0 bridgehead atoms. The first-order valence-corrected chi connectivity index (χ1v) is 6.36. The van der Waals surface area contributed by atoms with E-state index in [1.54, 1.807) is 11.8 Å². The van der Waals surface area contributed by atoms with Gasteiger partial charge in [-0.2, -0.15) is 11.8 Å². The van der Waals surface area contributed by atoms with E-state index in [1.165, 1.54) is 0 Å². The van der Waals surface area contributed by atoms with E-state index in [9.17, 15) is 5.11 Å². The van der Waals surface area contributed by atoms with Gasteiger partial charge in [0.2, 0.25) is 0 Å². The second-order valence-electron chi connectivity index (χ2n) is 3.60. The van der Waals surface area contributed by atoms with Gasteiger partial charge in [-0.15, -0.1) is 6.58 Å². The Bertz CT molecular complexity index is 505. The molecule has 2 heteroatoms. The monoisotopic (exact) mass is 230 g/mol. The second-order valence-corrected chi connectivity index (χ2v) is 4.63. The number of rotatable bonds is 4. The predicted octanol–water partition coefficient (Wildman–Crippen LogP) is 3.96. The summed E-state index contributed by atoms with van der Waals surface area (Å²) in [6.45, 7) is 3.68. The molecule has 0 aromatic heterocycles. The van der Waals surface area contributed by atoms with E-state index in [0.29, 0.717) is 5.75 Å². The maximum Gasteiger partial charge on any atom is 0.127 e. The number of aromatic hydroxyl groups is 1. The molecule has 0 heterocycles. The molecule has 0 fully saturated rings. The molecule has 2 rings (SSSR count). The quantitative estimate of drug-likeness (QED) is 0.633. The van der Waals surface area contributed by atoms with Crippen LogP contribution in [0.15, 0.2) is 49.1 Å². The molecule has 2 aromatic rings. The normalized spacial score (nSPS) is 10.5. The van der Waals surface area contributed by atoms with Gasteiger partial charge in [-0.25, -0.2) is 0 Å². The Labute approximate surface area is 99.8 Å². The summed E-state index contributed by atoms with van der Waals surface area (Å²) in [7, 11) is 0. The zero-order valence-corrected chi connectivity index (χ0v) is 9.83. The number of fused-ring (bicyclic) bond motifs is 1. The van der Waals surface area contributed by atoms with Gasteiger partial charge in [0.05, 0.1) is 0 Å². The zero-order chi connectivity index (χ0) is 11.4. The van der Waals surface area contributed by atoms with Crippen LogP contribution in [0.4, 0.5) is 0 Å². The molecule has 2 aromatic carbocycles. The number of phenols is 1. The van der Waals surface area contributed by atoms with Crippen molar-refractivity contribution in [2.45, 2.75) is 5.75 Å². The Kier molecular flexibility index (Phi) is 3.52. The first kappa shape index (κ1) is 11.1. The minimum absolute atomic E-state index is 0.412. The van der Waals surface area contributed by atoms with E-state index < -0.39 is 0 Å². The van der Waals surface area contributed by atoms with Crippen molar-refractivity contribution in [3.05, 3.63) is 54.6 Å². The van der Waals surface area contributed by atoms with E-state index in [1.807, 2.05) is 36.4 Å². The van der Waals surface area contributed by atoms with Gasteiger partial charge in [-0.3, -0.25) is 0 Å². The average Bonchev–Trinajstić information content (AvgIpc) is 2.33. The lowest BCUT2D eigenvalue weighted by molar-refractivity contribution is 0.477. The molecule has 0 saturated carbocycles. The molecular formula is C14H14OS. The number of hydrogen-bond acceptors (Lipinski definition) is 2. The summed E-state index contributed by atoms with van der Waals surface area (Å²) in [4.78, 5) is 0. The molecule has 0 aliphatic heterocycles. The van der Waals surface area contributed by atoms with Crippen molar-refractivity contribution in [1.82, 2.24) is 0 Å². The third-order valence-corrected chi connectivity index (χ3v) is 3.46. The topological polar surface area (TPSA) is 20.2 Å². The van der Waals surface area contributed by atoms with E-state index >= 15 is 0 Å². The van der Waals surface area contributed by atoms with Gasteiger partial charge in [-0.1, -0.05) is 42.5 Å². The molecule has 82 valence electrons. The summed E-state index contributed by atoms with van der Waals surface area (Å²) < 4.78 is 0. The molecule has 0 radical (unpaired) electrons. The highest BCUT2D eigenvalue weighted by atomic mass is 32.2. The molecule has 0 amide bonds. The summed E-state index contributed by atoms with van der Waals surface area (Å²) in [6.07, 6.45) is 1.88. The highest BCUT2D eigenvalue weighted by molar-refractivity contribution is 7.98. The molecule has 0 saturated heterocycles. The van der Waals surface area contributed by atoms with Crippen molar-refractivity contribution in [3.63, 3.8) is 0 Å². The Morgan fingerprint density at radius 3 is 2.81 bits per heavy atom. The summed E-state index contributed by atoms with van der Waals surface area (Å²) >= 11 is 1.75. The lowest BCUT2D eigenvalue weighted by atomic mass is 10.1. The van der Waals surface area contributed by atoms with E-state index in [0.717, 1.165) is 27.8 Å². The largest absolute Gasteiger partial charge is 0.507 e. The van der Waals surface area contributed by atoms with Crippen molar-refractivity contribution in [3.8, 4) is 5.75 Å². The molecule has 0 unspecified atom stereocenters. The second kappa shape index (κ2) is 5.08. The van der Waals surface area contributed by atoms with Crippen LogP contribution in [0.1, 0.15) is 5.56 Å². The minimum atomic E-state index is 0.412. The summed E-state index contributed by atoms with van der Waals surface area (Å²) in [6, 6.07) is 11.9. The molecule has 0 spiro atoms. The van der Waals surface area contributed by atoms with Crippen LogP contribution in [0, 0.1) is 0 Å². The molecule has 0 aliphatic rings. The highest BCUT2D eigenvalue weighted by Crippen LogP contribution is 2.30. The zero-order valence-electron chi connectivity index (χ0n) is 9.02. The third kappa shape index (κ3) is 2.22. The van der Waals surface area contributed by atoms with Crippen molar-refractivity contribution in [2.24, 2.45) is 0 Å². The van der Waals surface area contributed by atoms with Crippen LogP contribution in [0.3, 0.4) is 0 Å². The molecule has 16 heavy (non-hydrogen) atoms. The fourth-order valence-corrected chi connectivity index (χ4v) is 2.41. The number of hydrogen-bond donors (Lipinski definition) is 1. The minimum Gasteiger partial charge on any atom is -0.507 e. The standard InChI is InChI=1S/C14H14OS/c1-2-9-16-10-12-8-7-11-5-3-4-6-13(11)14(12)15/h2-8,15H,1,9-10H2. The fraction of sp³-hybridized carbons (Fsp3) is 0.143. The van der Waals surface area contributed by atoms with E-state index in [-0.39, 0.29) is 0 Å². The Morgan fingerprint density at radius 1 is 1.19 bits per heavy atom. The number of thioether (sulfide) groups is 1. The van der Waals surface area contributed by atoms with Crippen molar-refractivity contribution < 1.29 is 5.11 Å². The molecule has 0 aliphatic carbocycles. The Morgan fingerprint density at radius 2 is 2.00 bits per heavy atom. The van der Waals surface area contributed by atoms with Crippen LogP contribution in [0.5, 0.6) is 5.75 Å². The van der Waals surface area contributed by atoms with Gasteiger partial charge in [0.15, 0.2) is 0 Å². The Balaban J connectivity index is 2.33. The van der Waals surface area contributed by atoms with Gasteiger partial charge in [-0.05, 0) is 5.39 Å². The van der Waals surface area contributed by atoms with Gasteiger partial charge >= 0.3 is 0 Å². The van der Waals surface area contributed by atoms with Crippen LogP contribution in [-0.4, -0.2) is 10.9 Å². The van der Waals surface area contributed by atoms with E-state index in [2.05, 4.69) is 12.6 Å². The first-order valence-electron chi connectivity index (χ1n) is 5.21. The Hall–Kier alpha value is -1.41. The average molecular weight is 230 g/mol. The maximum absolute atomic E-state index is 10.1. The van der Waals surface area contributed by atoms with E-state index in [4.69, 9.17) is 0 Å². The predicted molar refractivity (Wildman–Crippen MR) is 72.0 cm³/mol.